The molecule has 3 rings (SSSR count). The minimum atomic E-state index is -3.62. The first-order valence-corrected chi connectivity index (χ1v) is 10.1. The quantitative estimate of drug-likeness (QED) is 0.606. The third-order valence-corrected chi connectivity index (χ3v) is 4.87. The van der Waals surface area contributed by atoms with Crippen LogP contribution in [0.3, 0.4) is 0 Å². The van der Waals surface area contributed by atoms with Gasteiger partial charge < -0.3 is 10.6 Å². The molecule has 2 N–H and O–H groups in total. The Morgan fingerprint density at radius 2 is 2.04 bits per heavy atom. The molecule has 0 atom stereocenters. The number of hydrogen-bond acceptors (Lipinski definition) is 6. The molecule has 0 radical (unpaired) electrons. The summed E-state index contributed by atoms with van der Waals surface area (Å²) >= 11 is 0. The second kappa shape index (κ2) is 7.66. The van der Waals surface area contributed by atoms with Gasteiger partial charge in [-0.1, -0.05) is 12.1 Å². The standard InChI is InChI=1S/C18H16FN5O3S/c1-28(26,27)18-23-16(15-7-2-3-10-24(15)18)17(25)22-9-8-21-14-6-4-5-13(19)12(14)11-20/h2-7,10,21H,8-9H2,1H3,(H,22,25). The molecule has 144 valence electrons. The van der Waals surface area contributed by atoms with Gasteiger partial charge in [-0.2, -0.15) is 5.26 Å². The first-order valence-electron chi connectivity index (χ1n) is 8.20. The van der Waals surface area contributed by atoms with Crippen LogP contribution in [0.1, 0.15) is 16.1 Å². The first-order chi connectivity index (χ1) is 13.3. The second-order valence-electron chi connectivity index (χ2n) is 5.93. The van der Waals surface area contributed by atoms with Crippen molar-refractivity contribution in [2.45, 2.75) is 5.16 Å². The van der Waals surface area contributed by atoms with Crippen LogP contribution in [-0.4, -0.2) is 43.1 Å². The van der Waals surface area contributed by atoms with E-state index in [0.29, 0.717) is 11.2 Å². The summed E-state index contributed by atoms with van der Waals surface area (Å²) in [7, 11) is -3.62. The Kier molecular flexibility index (Phi) is 5.28. The van der Waals surface area contributed by atoms with Gasteiger partial charge in [-0.05, 0) is 24.3 Å². The van der Waals surface area contributed by atoms with E-state index in [1.807, 2.05) is 0 Å². The SMILES string of the molecule is CS(=O)(=O)c1nc(C(=O)NCCNc2cccc(F)c2C#N)c2ccccn12. The molecule has 0 bridgehead atoms. The molecule has 0 saturated carbocycles. The largest absolute Gasteiger partial charge is 0.382 e. The number of hydrogen-bond donors (Lipinski definition) is 2. The topological polar surface area (TPSA) is 116 Å². The number of nitriles is 1. The zero-order valence-electron chi connectivity index (χ0n) is 14.8. The van der Waals surface area contributed by atoms with Gasteiger partial charge in [0.05, 0.1) is 11.2 Å². The molecule has 2 heterocycles. The lowest BCUT2D eigenvalue weighted by atomic mass is 10.2. The van der Waals surface area contributed by atoms with Crippen molar-refractivity contribution in [3.8, 4) is 6.07 Å². The van der Waals surface area contributed by atoms with Crippen molar-refractivity contribution in [3.05, 3.63) is 59.7 Å². The molecule has 8 nitrogen and oxygen atoms in total. The van der Waals surface area contributed by atoms with Crippen LogP contribution < -0.4 is 10.6 Å². The maximum absolute atomic E-state index is 13.6. The molecule has 0 saturated heterocycles. The van der Waals surface area contributed by atoms with Gasteiger partial charge in [0.15, 0.2) is 5.69 Å². The zero-order valence-corrected chi connectivity index (χ0v) is 15.6. The fraction of sp³-hybridized carbons (Fsp3) is 0.167. The first kappa shape index (κ1) is 19.3. The molecule has 0 aliphatic heterocycles. The lowest BCUT2D eigenvalue weighted by Gasteiger charge is -2.09. The van der Waals surface area contributed by atoms with Gasteiger partial charge in [0, 0.05) is 25.5 Å². The summed E-state index contributed by atoms with van der Waals surface area (Å²) < 4.78 is 38.7. The van der Waals surface area contributed by atoms with Gasteiger partial charge in [-0.15, -0.1) is 0 Å². The Bertz CT molecular complexity index is 1200. The van der Waals surface area contributed by atoms with Gasteiger partial charge in [-0.3, -0.25) is 9.20 Å². The van der Waals surface area contributed by atoms with Gasteiger partial charge in [0.25, 0.3) is 5.91 Å². The molecule has 1 aromatic carbocycles. The highest BCUT2D eigenvalue weighted by atomic mass is 32.2. The summed E-state index contributed by atoms with van der Waals surface area (Å²) in [6.07, 6.45) is 2.54. The van der Waals surface area contributed by atoms with E-state index in [4.69, 9.17) is 5.26 Å². The number of halogens is 1. The number of nitrogens with one attached hydrogen (secondary N) is 2. The molecule has 0 aliphatic rings. The summed E-state index contributed by atoms with van der Waals surface area (Å²) in [5, 5.41) is 14.3. The minimum Gasteiger partial charge on any atom is -0.382 e. The maximum Gasteiger partial charge on any atom is 0.272 e. The number of pyridine rings is 1. The molecular formula is C18H16FN5O3S. The monoisotopic (exact) mass is 401 g/mol. The summed E-state index contributed by atoms with van der Waals surface area (Å²) in [6.45, 7) is 0.384. The molecule has 10 heteroatoms. The number of benzene rings is 1. The van der Waals surface area contributed by atoms with Crippen molar-refractivity contribution in [2.75, 3.05) is 24.7 Å². The number of sulfone groups is 1. The lowest BCUT2D eigenvalue weighted by molar-refractivity contribution is 0.0952. The van der Waals surface area contributed by atoms with Crippen LogP contribution in [0.15, 0.2) is 47.8 Å². The van der Waals surface area contributed by atoms with Crippen LogP contribution in [0.2, 0.25) is 0 Å². The molecule has 28 heavy (non-hydrogen) atoms. The van der Waals surface area contributed by atoms with Crippen LogP contribution in [0.5, 0.6) is 0 Å². The summed E-state index contributed by atoms with van der Waals surface area (Å²) in [5.41, 5.74) is 0.574. The zero-order chi connectivity index (χ0) is 20.3. The fourth-order valence-corrected chi connectivity index (χ4v) is 3.45. The van der Waals surface area contributed by atoms with Crippen LogP contribution in [0.4, 0.5) is 10.1 Å². The van der Waals surface area contributed by atoms with Crippen LogP contribution in [0, 0.1) is 17.1 Å². The highest BCUT2D eigenvalue weighted by molar-refractivity contribution is 7.90. The summed E-state index contributed by atoms with van der Waals surface area (Å²) in [6, 6.07) is 10.9. The number of anilines is 1. The number of aromatic nitrogens is 2. The normalized spacial score (nSPS) is 11.2. The number of nitrogens with zero attached hydrogens (tertiary/aromatic N) is 3. The van der Waals surface area contributed by atoms with E-state index in [1.165, 1.54) is 22.7 Å². The number of carbonyl (C=O) groups is 1. The highest BCUT2D eigenvalue weighted by Gasteiger charge is 2.22. The molecular weight excluding hydrogens is 385 g/mol. The van der Waals surface area contributed by atoms with Gasteiger partial charge in [-0.25, -0.2) is 17.8 Å². The van der Waals surface area contributed by atoms with E-state index < -0.39 is 21.6 Å². The summed E-state index contributed by atoms with van der Waals surface area (Å²) in [5.74, 6) is -1.17. The lowest BCUT2D eigenvalue weighted by Crippen LogP contribution is -2.29. The van der Waals surface area contributed by atoms with Crippen molar-refractivity contribution < 1.29 is 17.6 Å². The number of imidazole rings is 1. The average Bonchev–Trinajstić information content (AvgIpc) is 3.05. The van der Waals surface area contributed by atoms with E-state index in [9.17, 15) is 17.6 Å². The minimum absolute atomic E-state index is 0.00973. The predicted molar refractivity (Wildman–Crippen MR) is 100 cm³/mol. The number of rotatable bonds is 6. The Hall–Kier alpha value is -3.45. The molecule has 3 aromatic rings. The molecule has 0 unspecified atom stereocenters. The Morgan fingerprint density at radius 1 is 1.25 bits per heavy atom. The third-order valence-electron chi connectivity index (χ3n) is 3.91. The van der Waals surface area contributed by atoms with Crippen molar-refractivity contribution >= 4 is 26.9 Å². The van der Waals surface area contributed by atoms with E-state index in [1.54, 1.807) is 30.3 Å². The van der Waals surface area contributed by atoms with Crippen molar-refractivity contribution in [1.82, 2.24) is 14.7 Å². The van der Waals surface area contributed by atoms with Gasteiger partial charge in [0.2, 0.25) is 15.0 Å². The van der Waals surface area contributed by atoms with E-state index in [0.717, 1.165) is 6.26 Å². The average molecular weight is 401 g/mol. The van der Waals surface area contributed by atoms with E-state index in [2.05, 4.69) is 15.6 Å². The van der Waals surface area contributed by atoms with Gasteiger partial charge in [0.1, 0.15) is 17.4 Å². The van der Waals surface area contributed by atoms with Crippen molar-refractivity contribution in [3.63, 3.8) is 0 Å². The number of amides is 1. The van der Waals surface area contributed by atoms with Gasteiger partial charge >= 0.3 is 0 Å². The summed E-state index contributed by atoms with van der Waals surface area (Å²) in [4.78, 5) is 16.5. The molecule has 0 spiro atoms. The molecule has 2 aromatic heterocycles. The number of fused-ring (bicyclic) bond motifs is 1. The third kappa shape index (κ3) is 3.79. The maximum atomic E-state index is 13.6. The molecule has 0 fully saturated rings. The van der Waals surface area contributed by atoms with Crippen molar-refractivity contribution in [2.24, 2.45) is 0 Å². The van der Waals surface area contributed by atoms with Crippen LogP contribution in [-0.2, 0) is 9.84 Å². The smallest absolute Gasteiger partial charge is 0.272 e. The second-order valence-corrected chi connectivity index (χ2v) is 7.84. The molecule has 0 aliphatic carbocycles. The Labute approximate surface area is 160 Å². The van der Waals surface area contributed by atoms with Crippen molar-refractivity contribution in [1.29, 1.82) is 5.26 Å². The fourth-order valence-electron chi connectivity index (χ4n) is 2.68. The van der Waals surface area contributed by atoms with Crippen LogP contribution >= 0.6 is 0 Å². The predicted octanol–water partition coefficient (Wildman–Crippen LogP) is 1.59. The highest BCUT2D eigenvalue weighted by Crippen LogP contribution is 2.18. The van der Waals surface area contributed by atoms with E-state index >= 15 is 0 Å². The van der Waals surface area contributed by atoms with E-state index in [-0.39, 0.29) is 29.5 Å². The Morgan fingerprint density at radius 3 is 2.75 bits per heavy atom. The molecule has 1 amide bonds. The number of carbonyl (C=O) groups excluding carboxylic acids is 1. The Balaban J connectivity index is 1.72. The van der Waals surface area contributed by atoms with Crippen LogP contribution in [0.25, 0.3) is 5.52 Å².